The minimum absolute atomic E-state index is 0.331. The number of hydrogen-bond acceptors (Lipinski definition) is 8. The van der Waals surface area contributed by atoms with Gasteiger partial charge in [-0.15, -0.1) is 0 Å². The topological polar surface area (TPSA) is 129 Å². The van der Waals surface area contributed by atoms with E-state index in [0.29, 0.717) is 41.9 Å². The number of rotatable bonds is 6. The Kier molecular flexibility index (Phi) is 5.11. The van der Waals surface area contributed by atoms with Gasteiger partial charge in [-0.05, 0) is 37.8 Å². The first-order chi connectivity index (χ1) is 15.2. The normalized spacial score (nSPS) is 22.7. The molecule has 9 heteroatoms. The smallest absolute Gasteiger partial charge is 0.154 e. The zero-order valence-electron chi connectivity index (χ0n) is 17.0. The van der Waals surface area contributed by atoms with Gasteiger partial charge in [-0.2, -0.15) is 15.6 Å². The molecule has 0 aliphatic carbocycles. The van der Waals surface area contributed by atoms with E-state index in [4.69, 9.17) is 15.5 Å². The molecular formula is C22H23N9. The van der Waals surface area contributed by atoms with Gasteiger partial charge < -0.3 is 10.6 Å². The number of piperidine rings is 1. The standard InChI is InChI=1S/C22H23N9/c23-6-2-8-31-16-4-5-17(31)10-14(9-16)26-22-18-3-1-7-25-19(18)12-20(28-22)27-21-11-15(13-24)29-30-21/h1,3,7,11-12,14,16-17H,2,4-5,8-10H2,(H3,26,27,28,29,30). The third-order valence-electron chi connectivity index (χ3n) is 6.26. The van der Waals surface area contributed by atoms with Gasteiger partial charge >= 0.3 is 0 Å². The van der Waals surface area contributed by atoms with E-state index < -0.39 is 0 Å². The summed E-state index contributed by atoms with van der Waals surface area (Å²) in [5.74, 6) is 1.97. The fourth-order valence-electron chi connectivity index (χ4n) is 4.95. The van der Waals surface area contributed by atoms with Gasteiger partial charge in [-0.3, -0.25) is 15.0 Å². The summed E-state index contributed by atoms with van der Waals surface area (Å²) in [4.78, 5) is 11.8. The number of nitriles is 2. The predicted octanol–water partition coefficient (Wildman–Crippen LogP) is 3.29. The molecule has 0 aromatic carbocycles. The Labute approximate surface area is 180 Å². The summed E-state index contributed by atoms with van der Waals surface area (Å²) in [5.41, 5.74) is 1.23. The maximum atomic E-state index is 9.00. The highest BCUT2D eigenvalue weighted by molar-refractivity contribution is 5.91. The van der Waals surface area contributed by atoms with Gasteiger partial charge in [0.15, 0.2) is 5.82 Å². The number of pyridine rings is 2. The maximum absolute atomic E-state index is 9.00. The molecule has 156 valence electrons. The van der Waals surface area contributed by atoms with Crippen molar-refractivity contribution in [3.8, 4) is 12.1 Å². The number of anilines is 3. The average molecular weight is 413 g/mol. The average Bonchev–Trinajstić information content (AvgIpc) is 3.33. The molecule has 9 nitrogen and oxygen atoms in total. The van der Waals surface area contributed by atoms with Crippen LogP contribution in [0.25, 0.3) is 10.9 Å². The van der Waals surface area contributed by atoms with Crippen molar-refractivity contribution in [3.05, 3.63) is 36.2 Å². The molecule has 2 atom stereocenters. The van der Waals surface area contributed by atoms with Crippen molar-refractivity contribution in [3.63, 3.8) is 0 Å². The monoisotopic (exact) mass is 413 g/mol. The third-order valence-corrected chi connectivity index (χ3v) is 6.26. The van der Waals surface area contributed by atoms with Crippen molar-refractivity contribution in [2.24, 2.45) is 0 Å². The number of aromatic amines is 1. The van der Waals surface area contributed by atoms with Crippen LogP contribution in [0.3, 0.4) is 0 Å². The SMILES string of the molecule is N#CCCN1C2CCC1CC(Nc1nc(Nc3cc(C#N)[nH]n3)cc3ncccc13)C2. The first-order valence-electron chi connectivity index (χ1n) is 10.6. The van der Waals surface area contributed by atoms with Crippen LogP contribution in [0.1, 0.15) is 37.8 Å². The van der Waals surface area contributed by atoms with Crippen molar-refractivity contribution >= 4 is 28.4 Å². The van der Waals surface area contributed by atoms with Gasteiger partial charge in [-0.25, -0.2) is 4.98 Å². The minimum Gasteiger partial charge on any atom is -0.367 e. The van der Waals surface area contributed by atoms with Gasteiger partial charge in [0, 0.05) is 54.8 Å². The lowest BCUT2D eigenvalue weighted by Crippen LogP contribution is -2.47. The highest BCUT2D eigenvalue weighted by Crippen LogP contribution is 2.37. The molecule has 2 unspecified atom stereocenters. The van der Waals surface area contributed by atoms with E-state index in [0.717, 1.165) is 36.1 Å². The fourth-order valence-corrected chi connectivity index (χ4v) is 4.95. The highest BCUT2D eigenvalue weighted by Gasteiger charge is 2.40. The summed E-state index contributed by atoms with van der Waals surface area (Å²) in [6.45, 7) is 0.872. The Balaban J connectivity index is 1.38. The number of aromatic nitrogens is 4. The molecule has 0 amide bonds. The number of H-pyrrole nitrogens is 1. The Hall–Kier alpha value is -3.69. The van der Waals surface area contributed by atoms with Gasteiger partial charge in [0.2, 0.25) is 0 Å². The number of nitrogens with zero attached hydrogens (tertiary/aromatic N) is 6. The summed E-state index contributed by atoms with van der Waals surface area (Å²) < 4.78 is 0. The van der Waals surface area contributed by atoms with Crippen LogP contribution in [0.2, 0.25) is 0 Å². The molecule has 0 radical (unpaired) electrons. The van der Waals surface area contributed by atoms with Crippen molar-refractivity contribution in [2.75, 3.05) is 17.2 Å². The summed E-state index contributed by atoms with van der Waals surface area (Å²) in [7, 11) is 0. The first kappa shape index (κ1) is 19.3. The molecule has 3 N–H and O–H groups in total. The molecule has 2 saturated heterocycles. The predicted molar refractivity (Wildman–Crippen MR) is 117 cm³/mol. The van der Waals surface area contributed by atoms with Crippen molar-refractivity contribution < 1.29 is 0 Å². The van der Waals surface area contributed by atoms with E-state index in [2.05, 4.69) is 36.8 Å². The Morgan fingerprint density at radius 1 is 1.16 bits per heavy atom. The Morgan fingerprint density at radius 2 is 2.00 bits per heavy atom. The summed E-state index contributed by atoms with van der Waals surface area (Å²) in [6.07, 6.45) is 6.86. The number of hydrogen-bond donors (Lipinski definition) is 3. The first-order valence-corrected chi connectivity index (χ1v) is 10.6. The summed E-state index contributed by atoms with van der Waals surface area (Å²) >= 11 is 0. The number of fused-ring (bicyclic) bond motifs is 3. The molecule has 2 aliphatic rings. The molecule has 31 heavy (non-hydrogen) atoms. The molecule has 2 bridgehead atoms. The number of nitrogens with one attached hydrogen (secondary N) is 3. The largest absolute Gasteiger partial charge is 0.367 e. The quantitative estimate of drug-likeness (QED) is 0.561. The maximum Gasteiger partial charge on any atom is 0.154 e. The second-order valence-corrected chi connectivity index (χ2v) is 8.17. The Bertz CT molecular complexity index is 1160. The highest BCUT2D eigenvalue weighted by atomic mass is 15.2. The zero-order valence-corrected chi connectivity index (χ0v) is 17.0. The van der Waals surface area contributed by atoms with Gasteiger partial charge in [0.25, 0.3) is 0 Å². The molecular weight excluding hydrogens is 390 g/mol. The Morgan fingerprint density at radius 3 is 2.74 bits per heavy atom. The summed E-state index contributed by atoms with van der Waals surface area (Å²) in [6, 6.07) is 13.2. The molecule has 5 heterocycles. The fraction of sp³-hybridized carbons (Fsp3) is 0.409. The van der Waals surface area contributed by atoms with Crippen LogP contribution >= 0.6 is 0 Å². The van der Waals surface area contributed by atoms with E-state index >= 15 is 0 Å². The van der Waals surface area contributed by atoms with Crippen LogP contribution in [-0.4, -0.2) is 49.7 Å². The lowest BCUT2D eigenvalue weighted by Gasteiger charge is -2.39. The summed E-state index contributed by atoms with van der Waals surface area (Å²) in [5, 5.41) is 32.5. The zero-order chi connectivity index (χ0) is 21.2. The molecule has 2 fully saturated rings. The lowest BCUT2D eigenvalue weighted by atomic mass is 9.97. The molecule has 3 aromatic heterocycles. The third kappa shape index (κ3) is 3.88. The van der Waals surface area contributed by atoms with Crippen molar-refractivity contribution in [1.29, 1.82) is 10.5 Å². The van der Waals surface area contributed by atoms with Crippen LogP contribution in [0, 0.1) is 22.7 Å². The molecule has 5 rings (SSSR count). The second-order valence-electron chi connectivity index (χ2n) is 8.17. The van der Waals surface area contributed by atoms with Gasteiger partial charge in [0.05, 0.1) is 11.6 Å². The lowest BCUT2D eigenvalue weighted by molar-refractivity contribution is 0.136. The van der Waals surface area contributed by atoms with E-state index in [-0.39, 0.29) is 0 Å². The van der Waals surface area contributed by atoms with E-state index in [1.54, 1.807) is 12.3 Å². The minimum atomic E-state index is 0.331. The van der Waals surface area contributed by atoms with Crippen LogP contribution in [0.4, 0.5) is 17.5 Å². The van der Waals surface area contributed by atoms with Crippen LogP contribution in [0.15, 0.2) is 30.5 Å². The van der Waals surface area contributed by atoms with Crippen molar-refractivity contribution in [2.45, 2.75) is 50.2 Å². The molecule has 2 aliphatic heterocycles. The second kappa shape index (κ2) is 8.21. The van der Waals surface area contributed by atoms with Gasteiger partial charge in [0.1, 0.15) is 23.4 Å². The van der Waals surface area contributed by atoms with E-state index in [1.807, 2.05) is 24.3 Å². The van der Waals surface area contributed by atoms with Crippen LogP contribution in [-0.2, 0) is 0 Å². The van der Waals surface area contributed by atoms with Gasteiger partial charge in [-0.1, -0.05) is 0 Å². The molecule has 0 spiro atoms. The van der Waals surface area contributed by atoms with Crippen molar-refractivity contribution in [1.82, 2.24) is 25.1 Å². The molecule has 3 aromatic rings. The van der Waals surface area contributed by atoms with Crippen LogP contribution < -0.4 is 10.6 Å². The molecule has 0 saturated carbocycles. The van der Waals surface area contributed by atoms with Crippen LogP contribution in [0.5, 0.6) is 0 Å². The van der Waals surface area contributed by atoms with E-state index in [1.165, 1.54) is 12.8 Å². The van der Waals surface area contributed by atoms with E-state index in [9.17, 15) is 0 Å².